The third kappa shape index (κ3) is 2.91. The summed E-state index contributed by atoms with van der Waals surface area (Å²) in [4.78, 5) is 0.131. The van der Waals surface area contributed by atoms with Crippen molar-refractivity contribution in [2.75, 3.05) is 12.3 Å². The second-order valence-electron chi connectivity index (χ2n) is 4.41. The highest BCUT2D eigenvalue weighted by molar-refractivity contribution is 7.89. The first kappa shape index (κ1) is 12.7. The molecule has 0 amide bonds. The van der Waals surface area contributed by atoms with Crippen molar-refractivity contribution in [2.45, 2.75) is 24.7 Å². The highest BCUT2D eigenvalue weighted by Gasteiger charge is 2.24. The predicted molar refractivity (Wildman–Crippen MR) is 68.5 cm³/mol. The van der Waals surface area contributed by atoms with Gasteiger partial charge in [0.2, 0.25) is 10.0 Å². The molecule has 0 heterocycles. The summed E-state index contributed by atoms with van der Waals surface area (Å²) in [5.74, 6) is 0.489. The predicted octanol–water partition coefficient (Wildman–Crippen LogP) is 1.92. The summed E-state index contributed by atoms with van der Waals surface area (Å²) < 4.78 is 26.5. The fourth-order valence-corrected chi connectivity index (χ4v) is 2.93. The summed E-state index contributed by atoms with van der Waals surface area (Å²) in [7, 11) is -3.49. The van der Waals surface area contributed by atoms with Crippen molar-refractivity contribution in [1.29, 1.82) is 0 Å². The van der Waals surface area contributed by atoms with Gasteiger partial charge in [0.05, 0.1) is 4.90 Å². The summed E-state index contributed by atoms with van der Waals surface area (Å²) in [5, 5.41) is 0.372. The van der Waals surface area contributed by atoms with E-state index < -0.39 is 10.0 Å². The van der Waals surface area contributed by atoms with Gasteiger partial charge in [0, 0.05) is 17.3 Å². The van der Waals surface area contributed by atoms with Crippen LogP contribution in [0.1, 0.15) is 18.4 Å². The van der Waals surface area contributed by atoms with Crippen molar-refractivity contribution in [2.24, 2.45) is 5.92 Å². The van der Waals surface area contributed by atoms with Gasteiger partial charge in [-0.1, -0.05) is 11.6 Å². The molecule has 0 aliphatic heterocycles. The number of anilines is 1. The lowest BCUT2D eigenvalue weighted by Crippen LogP contribution is -2.26. The molecule has 1 aliphatic carbocycles. The van der Waals surface area contributed by atoms with E-state index in [9.17, 15) is 8.42 Å². The first-order valence-electron chi connectivity index (χ1n) is 5.45. The summed E-state index contributed by atoms with van der Waals surface area (Å²) in [6.07, 6.45) is 2.19. The molecular weight excluding hydrogens is 260 g/mol. The zero-order chi connectivity index (χ0) is 12.6. The Hall–Kier alpha value is -0.780. The number of benzene rings is 1. The Morgan fingerprint density at radius 3 is 2.65 bits per heavy atom. The molecule has 0 spiro atoms. The Kier molecular flexibility index (Phi) is 3.34. The van der Waals surface area contributed by atoms with Crippen LogP contribution in [-0.2, 0) is 10.0 Å². The summed E-state index contributed by atoms with van der Waals surface area (Å²) >= 11 is 5.93. The average Bonchev–Trinajstić information content (AvgIpc) is 3.06. The van der Waals surface area contributed by atoms with Gasteiger partial charge in [0.15, 0.2) is 0 Å². The van der Waals surface area contributed by atoms with E-state index in [-0.39, 0.29) is 4.90 Å². The Morgan fingerprint density at radius 1 is 1.47 bits per heavy atom. The van der Waals surface area contributed by atoms with Crippen molar-refractivity contribution >= 4 is 27.3 Å². The number of rotatable bonds is 4. The van der Waals surface area contributed by atoms with Crippen molar-refractivity contribution < 1.29 is 8.42 Å². The van der Waals surface area contributed by atoms with Crippen LogP contribution in [0, 0.1) is 12.8 Å². The lowest BCUT2D eigenvalue weighted by molar-refractivity contribution is 0.577. The average molecular weight is 275 g/mol. The molecular formula is C11H15ClN2O2S. The van der Waals surface area contributed by atoms with Crippen molar-refractivity contribution in [1.82, 2.24) is 4.72 Å². The molecule has 94 valence electrons. The fraction of sp³-hybridized carbons (Fsp3) is 0.455. The maximum Gasteiger partial charge on any atom is 0.240 e. The molecule has 4 nitrogen and oxygen atoms in total. The zero-order valence-electron chi connectivity index (χ0n) is 9.53. The van der Waals surface area contributed by atoms with Crippen LogP contribution in [0.15, 0.2) is 17.0 Å². The summed E-state index contributed by atoms with van der Waals surface area (Å²) in [6, 6.07) is 2.87. The fourth-order valence-electron chi connectivity index (χ4n) is 1.46. The Balaban J connectivity index is 2.25. The number of halogens is 1. The third-order valence-electron chi connectivity index (χ3n) is 2.93. The maximum absolute atomic E-state index is 12.0. The quantitative estimate of drug-likeness (QED) is 0.824. The largest absolute Gasteiger partial charge is 0.398 e. The molecule has 0 atom stereocenters. The number of nitrogens with two attached hydrogens (primary N) is 1. The molecule has 0 radical (unpaired) electrons. The monoisotopic (exact) mass is 274 g/mol. The normalized spacial score (nSPS) is 16.1. The van der Waals surface area contributed by atoms with Gasteiger partial charge < -0.3 is 5.73 Å². The van der Waals surface area contributed by atoms with Crippen molar-refractivity contribution in [3.8, 4) is 0 Å². The molecule has 0 unspecified atom stereocenters. The highest BCUT2D eigenvalue weighted by atomic mass is 35.5. The van der Waals surface area contributed by atoms with Crippen LogP contribution in [0.25, 0.3) is 0 Å². The summed E-state index contributed by atoms with van der Waals surface area (Å²) in [5.41, 5.74) is 6.80. The lowest BCUT2D eigenvalue weighted by Gasteiger charge is -2.09. The second kappa shape index (κ2) is 4.48. The Labute approximate surface area is 106 Å². The Morgan fingerprint density at radius 2 is 2.12 bits per heavy atom. The van der Waals surface area contributed by atoms with Gasteiger partial charge in [-0.05, 0) is 43.4 Å². The molecule has 0 bridgehead atoms. The van der Waals surface area contributed by atoms with Gasteiger partial charge in [-0.2, -0.15) is 0 Å². The van der Waals surface area contributed by atoms with Gasteiger partial charge in [0.25, 0.3) is 0 Å². The first-order chi connectivity index (χ1) is 7.90. The molecule has 1 aromatic carbocycles. The standard InChI is InChI=1S/C11H15ClN2O2S/c1-7-10(12)4-9(5-11(7)13)17(15,16)14-6-8-2-3-8/h4-5,8,14H,2-3,6,13H2,1H3. The van der Waals surface area contributed by atoms with E-state index in [0.717, 1.165) is 12.8 Å². The topological polar surface area (TPSA) is 72.2 Å². The highest BCUT2D eigenvalue weighted by Crippen LogP contribution is 2.29. The molecule has 1 aliphatic rings. The molecule has 17 heavy (non-hydrogen) atoms. The van der Waals surface area contributed by atoms with Crippen molar-refractivity contribution in [3.05, 3.63) is 22.7 Å². The van der Waals surface area contributed by atoms with Crippen LogP contribution in [0.2, 0.25) is 5.02 Å². The summed E-state index contributed by atoms with van der Waals surface area (Å²) in [6.45, 7) is 2.25. The number of nitrogens with one attached hydrogen (secondary N) is 1. The lowest BCUT2D eigenvalue weighted by atomic mass is 10.2. The van der Waals surface area contributed by atoms with Gasteiger partial charge in [0.1, 0.15) is 0 Å². The molecule has 1 aromatic rings. The molecule has 3 N–H and O–H groups in total. The number of nitrogen functional groups attached to an aromatic ring is 1. The molecule has 0 aromatic heterocycles. The van der Waals surface area contributed by atoms with E-state index in [1.54, 1.807) is 6.92 Å². The van der Waals surface area contributed by atoms with E-state index >= 15 is 0 Å². The smallest absolute Gasteiger partial charge is 0.240 e. The minimum Gasteiger partial charge on any atom is -0.398 e. The van der Waals surface area contributed by atoms with Crippen molar-refractivity contribution in [3.63, 3.8) is 0 Å². The van der Waals surface area contributed by atoms with E-state index in [2.05, 4.69) is 4.72 Å². The molecule has 1 saturated carbocycles. The molecule has 1 fully saturated rings. The number of hydrogen-bond acceptors (Lipinski definition) is 3. The second-order valence-corrected chi connectivity index (χ2v) is 6.59. The number of sulfonamides is 1. The van der Waals surface area contributed by atoms with Gasteiger partial charge >= 0.3 is 0 Å². The third-order valence-corrected chi connectivity index (χ3v) is 4.72. The van der Waals surface area contributed by atoms with Gasteiger partial charge in [-0.25, -0.2) is 13.1 Å². The van der Waals surface area contributed by atoms with E-state index in [4.69, 9.17) is 17.3 Å². The zero-order valence-corrected chi connectivity index (χ0v) is 11.1. The van der Waals surface area contributed by atoms with Crippen LogP contribution in [0.5, 0.6) is 0 Å². The van der Waals surface area contributed by atoms with Gasteiger partial charge in [-0.3, -0.25) is 0 Å². The molecule has 2 rings (SSSR count). The minimum absolute atomic E-state index is 0.131. The first-order valence-corrected chi connectivity index (χ1v) is 7.31. The Bertz CT molecular complexity index is 515. The van der Waals surface area contributed by atoms with Crippen LogP contribution >= 0.6 is 11.6 Å². The van der Waals surface area contributed by atoms with Crippen LogP contribution < -0.4 is 10.5 Å². The van der Waals surface area contributed by atoms with E-state index in [1.807, 2.05) is 0 Å². The van der Waals surface area contributed by atoms with E-state index in [0.29, 0.717) is 28.7 Å². The van der Waals surface area contributed by atoms with Crippen LogP contribution in [0.4, 0.5) is 5.69 Å². The molecule has 6 heteroatoms. The van der Waals surface area contributed by atoms with Gasteiger partial charge in [-0.15, -0.1) is 0 Å². The van der Waals surface area contributed by atoms with Crippen LogP contribution in [-0.4, -0.2) is 15.0 Å². The van der Waals surface area contributed by atoms with E-state index in [1.165, 1.54) is 12.1 Å². The van der Waals surface area contributed by atoms with Crippen LogP contribution in [0.3, 0.4) is 0 Å². The minimum atomic E-state index is -3.49. The molecule has 0 saturated heterocycles. The SMILES string of the molecule is Cc1c(N)cc(S(=O)(=O)NCC2CC2)cc1Cl. The number of hydrogen-bond donors (Lipinski definition) is 2. The maximum atomic E-state index is 12.0.